The van der Waals surface area contributed by atoms with Crippen LogP contribution < -0.4 is 10.6 Å². The zero-order chi connectivity index (χ0) is 12.4. The van der Waals surface area contributed by atoms with E-state index in [-0.39, 0.29) is 0 Å². The van der Waals surface area contributed by atoms with Gasteiger partial charge in [-0.2, -0.15) is 0 Å². The predicted octanol–water partition coefficient (Wildman–Crippen LogP) is 1.97. The highest BCUT2D eigenvalue weighted by molar-refractivity contribution is 5.59. The summed E-state index contributed by atoms with van der Waals surface area (Å²) in [6, 6.07) is 7.11. The van der Waals surface area contributed by atoms with Gasteiger partial charge in [-0.15, -0.1) is 0 Å². The number of likely N-dealkylation sites (N-methyl/N-ethyl adjacent to an activating group) is 1. The van der Waals surface area contributed by atoms with Gasteiger partial charge in [0.15, 0.2) is 0 Å². The number of hydrogen-bond acceptors (Lipinski definition) is 3. The lowest BCUT2D eigenvalue weighted by Gasteiger charge is -2.22. The Bertz CT molecular complexity index is 387. The first kappa shape index (κ1) is 12.2. The molecular weight excluding hydrogens is 210 g/mol. The molecule has 1 saturated heterocycles. The SMILES string of the molecule is CCc1cc(N2CC[C@@H](N(C)C)C2)ccc1N. The van der Waals surface area contributed by atoms with Gasteiger partial charge in [0.05, 0.1) is 0 Å². The highest BCUT2D eigenvalue weighted by atomic mass is 15.2. The van der Waals surface area contributed by atoms with E-state index < -0.39 is 0 Å². The second-order valence-corrected chi connectivity index (χ2v) is 5.09. The molecule has 1 fully saturated rings. The van der Waals surface area contributed by atoms with E-state index in [0.717, 1.165) is 25.2 Å². The average Bonchev–Trinajstić information content (AvgIpc) is 2.79. The van der Waals surface area contributed by atoms with Gasteiger partial charge < -0.3 is 15.5 Å². The Morgan fingerprint density at radius 2 is 2.18 bits per heavy atom. The maximum absolute atomic E-state index is 5.95. The van der Waals surface area contributed by atoms with Crippen LogP contribution in [0.2, 0.25) is 0 Å². The number of nitrogen functional groups attached to an aromatic ring is 1. The van der Waals surface area contributed by atoms with Crippen molar-refractivity contribution in [3.8, 4) is 0 Å². The molecule has 1 heterocycles. The summed E-state index contributed by atoms with van der Waals surface area (Å²) in [6.45, 7) is 4.43. The number of nitrogens with two attached hydrogens (primary N) is 1. The van der Waals surface area contributed by atoms with E-state index in [1.165, 1.54) is 17.7 Å². The van der Waals surface area contributed by atoms with Gasteiger partial charge in [0, 0.05) is 30.5 Å². The van der Waals surface area contributed by atoms with Crippen molar-refractivity contribution in [3.63, 3.8) is 0 Å². The molecule has 0 spiro atoms. The molecule has 2 rings (SSSR count). The normalized spacial score (nSPS) is 20.2. The first-order valence-corrected chi connectivity index (χ1v) is 6.41. The minimum absolute atomic E-state index is 0.678. The van der Waals surface area contributed by atoms with Crippen molar-refractivity contribution in [2.45, 2.75) is 25.8 Å². The van der Waals surface area contributed by atoms with E-state index >= 15 is 0 Å². The highest BCUT2D eigenvalue weighted by Crippen LogP contribution is 2.25. The molecule has 0 aromatic heterocycles. The molecule has 0 aliphatic carbocycles. The number of aryl methyl sites for hydroxylation is 1. The van der Waals surface area contributed by atoms with Crippen LogP contribution in [0.1, 0.15) is 18.9 Å². The van der Waals surface area contributed by atoms with Crippen LogP contribution >= 0.6 is 0 Å². The van der Waals surface area contributed by atoms with Crippen LogP contribution in [0.25, 0.3) is 0 Å². The van der Waals surface area contributed by atoms with Crippen LogP contribution in [-0.2, 0) is 6.42 Å². The molecule has 0 radical (unpaired) electrons. The monoisotopic (exact) mass is 233 g/mol. The summed E-state index contributed by atoms with van der Waals surface area (Å²) < 4.78 is 0. The second-order valence-electron chi connectivity index (χ2n) is 5.09. The Kier molecular flexibility index (Phi) is 3.57. The molecule has 1 aromatic rings. The van der Waals surface area contributed by atoms with E-state index in [1.807, 2.05) is 6.07 Å². The average molecular weight is 233 g/mol. The minimum Gasteiger partial charge on any atom is -0.399 e. The third kappa shape index (κ3) is 2.55. The van der Waals surface area contributed by atoms with Crippen molar-refractivity contribution in [2.24, 2.45) is 0 Å². The molecule has 94 valence electrons. The summed E-state index contributed by atoms with van der Waals surface area (Å²) in [6.07, 6.45) is 2.25. The molecule has 1 aromatic carbocycles. The summed E-state index contributed by atoms with van der Waals surface area (Å²) in [4.78, 5) is 4.78. The predicted molar refractivity (Wildman–Crippen MR) is 74.5 cm³/mol. The first-order chi connectivity index (χ1) is 8.11. The van der Waals surface area contributed by atoms with Crippen molar-refractivity contribution in [1.29, 1.82) is 0 Å². The molecule has 0 bridgehead atoms. The number of anilines is 2. The number of rotatable bonds is 3. The van der Waals surface area contributed by atoms with Crippen LogP contribution in [0.3, 0.4) is 0 Å². The molecule has 2 N–H and O–H groups in total. The third-order valence-electron chi connectivity index (χ3n) is 3.77. The maximum atomic E-state index is 5.95. The highest BCUT2D eigenvalue weighted by Gasteiger charge is 2.24. The standard InChI is InChI=1S/C14H23N3/c1-4-11-9-12(5-6-14(11)15)17-8-7-13(10-17)16(2)3/h5-6,9,13H,4,7-8,10,15H2,1-3H3/t13-/m1/s1. The summed E-state index contributed by atoms with van der Waals surface area (Å²) in [5, 5.41) is 0. The largest absolute Gasteiger partial charge is 0.399 e. The molecule has 0 amide bonds. The lowest BCUT2D eigenvalue weighted by Crippen LogP contribution is -2.31. The molecule has 0 unspecified atom stereocenters. The molecule has 3 heteroatoms. The van der Waals surface area contributed by atoms with Crippen molar-refractivity contribution in [3.05, 3.63) is 23.8 Å². The second kappa shape index (κ2) is 4.96. The van der Waals surface area contributed by atoms with Gasteiger partial charge in [0.25, 0.3) is 0 Å². The lowest BCUT2D eigenvalue weighted by atomic mass is 10.1. The van der Waals surface area contributed by atoms with Gasteiger partial charge in [-0.05, 0) is 50.7 Å². The van der Waals surface area contributed by atoms with Crippen molar-refractivity contribution < 1.29 is 0 Å². The zero-order valence-electron chi connectivity index (χ0n) is 11.1. The van der Waals surface area contributed by atoms with Gasteiger partial charge in [0.2, 0.25) is 0 Å². The summed E-state index contributed by atoms with van der Waals surface area (Å²) >= 11 is 0. The van der Waals surface area contributed by atoms with Crippen LogP contribution in [-0.4, -0.2) is 38.1 Å². The smallest absolute Gasteiger partial charge is 0.0371 e. The topological polar surface area (TPSA) is 32.5 Å². The molecule has 1 atom stereocenters. The quantitative estimate of drug-likeness (QED) is 0.810. The lowest BCUT2D eigenvalue weighted by molar-refractivity contribution is 0.315. The van der Waals surface area contributed by atoms with Crippen molar-refractivity contribution >= 4 is 11.4 Å². The fourth-order valence-corrected chi connectivity index (χ4v) is 2.49. The Hall–Kier alpha value is -1.22. The van der Waals surface area contributed by atoms with Crippen molar-refractivity contribution in [2.75, 3.05) is 37.8 Å². The maximum Gasteiger partial charge on any atom is 0.0371 e. The van der Waals surface area contributed by atoms with Gasteiger partial charge in [-0.25, -0.2) is 0 Å². The molecule has 0 saturated carbocycles. The van der Waals surface area contributed by atoms with Gasteiger partial charge >= 0.3 is 0 Å². The number of nitrogens with zero attached hydrogens (tertiary/aromatic N) is 2. The molecule has 1 aliphatic heterocycles. The Morgan fingerprint density at radius 1 is 1.41 bits per heavy atom. The van der Waals surface area contributed by atoms with E-state index in [0.29, 0.717) is 6.04 Å². The zero-order valence-corrected chi connectivity index (χ0v) is 11.1. The summed E-state index contributed by atoms with van der Waals surface area (Å²) in [7, 11) is 4.32. The van der Waals surface area contributed by atoms with Gasteiger partial charge in [0.1, 0.15) is 0 Å². The Labute approximate surface area is 104 Å². The summed E-state index contributed by atoms with van der Waals surface area (Å²) in [5.74, 6) is 0. The van der Waals surface area contributed by atoms with Gasteiger partial charge in [-0.3, -0.25) is 0 Å². The fraction of sp³-hybridized carbons (Fsp3) is 0.571. The Balaban J connectivity index is 2.13. The number of benzene rings is 1. The third-order valence-corrected chi connectivity index (χ3v) is 3.77. The van der Waals surface area contributed by atoms with Crippen LogP contribution in [0.15, 0.2) is 18.2 Å². The van der Waals surface area contributed by atoms with E-state index in [9.17, 15) is 0 Å². The minimum atomic E-state index is 0.678. The summed E-state index contributed by atoms with van der Waals surface area (Å²) in [5.41, 5.74) is 9.44. The first-order valence-electron chi connectivity index (χ1n) is 6.41. The van der Waals surface area contributed by atoms with Crippen LogP contribution in [0, 0.1) is 0 Å². The molecule has 1 aliphatic rings. The van der Waals surface area contributed by atoms with E-state index in [1.54, 1.807) is 0 Å². The van der Waals surface area contributed by atoms with Crippen molar-refractivity contribution in [1.82, 2.24) is 4.90 Å². The fourth-order valence-electron chi connectivity index (χ4n) is 2.49. The van der Waals surface area contributed by atoms with Crippen LogP contribution in [0.4, 0.5) is 11.4 Å². The van der Waals surface area contributed by atoms with Gasteiger partial charge in [-0.1, -0.05) is 6.92 Å². The molecule has 17 heavy (non-hydrogen) atoms. The number of hydrogen-bond donors (Lipinski definition) is 1. The van der Waals surface area contributed by atoms with E-state index in [2.05, 4.69) is 43.0 Å². The Morgan fingerprint density at radius 3 is 2.76 bits per heavy atom. The molecular formula is C14H23N3. The van der Waals surface area contributed by atoms with E-state index in [4.69, 9.17) is 5.73 Å². The molecule has 3 nitrogen and oxygen atoms in total. The van der Waals surface area contributed by atoms with Crippen LogP contribution in [0.5, 0.6) is 0 Å².